The molecule has 1 aromatic carbocycles. The molecule has 2 N–H and O–H groups in total. The van der Waals surface area contributed by atoms with Crippen molar-refractivity contribution in [1.29, 1.82) is 0 Å². The second-order valence-electron chi connectivity index (χ2n) is 8.22. The van der Waals surface area contributed by atoms with Crippen LogP contribution in [0.25, 0.3) is 0 Å². The zero-order valence-corrected chi connectivity index (χ0v) is 17.1. The van der Waals surface area contributed by atoms with Gasteiger partial charge < -0.3 is 20.1 Å². The van der Waals surface area contributed by atoms with Gasteiger partial charge in [0.15, 0.2) is 0 Å². The molecule has 1 aromatic rings. The lowest BCUT2D eigenvalue weighted by molar-refractivity contribution is -0.120. The molecule has 0 unspecified atom stereocenters. The molecule has 3 rings (SSSR count). The number of nitrogens with one attached hydrogen (secondary N) is 1. The van der Waals surface area contributed by atoms with E-state index in [9.17, 15) is 9.90 Å². The predicted molar refractivity (Wildman–Crippen MR) is 110 cm³/mol. The van der Waals surface area contributed by atoms with E-state index in [0.717, 1.165) is 25.4 Å². The van der Waals surface area contributed by atoms with Gasteiger partial charge in [0.25, 0.3) is 0 Å². The molecule has 2 aliphatic rings. The van der Waals surface area contributed by atoms with Crippen LogP contribution in [0.3, 0.4) is 0 Å². The maximum Gasteiger partial charge on any atom is 0.221 e. The summed E-state index contributed by atoms with van der Waals surface area (Å²) in [5, 5.41) is 13.3. The summed E-state index contributed by atoms with van der Waals surface area (Å²) < 4.78 is 5.87. The topological polar surface area (TPSA) is 65.0 Å². The molecule has 1 atom stereocenters. The van der Waals surface area contributed by atoms with Gasteiger partial charge in [-0.2, -0.15) is 0 Å². The van der Waals surface area contributed by atoms with E-state index in [1.165, 1.54) is 37.7 Å². The van der Waals surface area contributed by atoms with Crippen molar-refractivity contribution in [3.8, 4) is 5.75 Å². The second kappa shape index (κ2) is 10.8. The van der Waals surface area contributed by atoms with E-state index in [4.69, 9.17) is 4.74 Å². The molecule has 28 heavy (non-hydrogen) atoms. The van der Waals surface area contributed by atoms with E-state index in [0.29, 0.717) is 32.2 Å². The number of likely N-dealkylation sites (N-methyl/N-ethyl adjacent to an activating group) is 1. The summed E-state index contributed by atoms with van der Waals surface area (Å²) in [4.78, 5) is 16.0. The van der Waals surface area contributed by atoms with Crippen LogP contribution in [0.2, 0.25) is 0 Å². The molecule has 1 heterocycles. The van der Waals surface area contributed by atoms with Crippen LogP contribution in [0.5, 0.6) is 5.75 Å². The van der Waals surface area contributed by atoms with Crippen molar-refractivity contribution in [3.63, 3.8) is 0 Å². The molecule has 0 bridgehead atoms. The van der Waals surface area contributed by atoms with Crippen molar-refractivity contribution < 1.29 is 14.6 Å². The fraction of sp³-hybridized carbons (Fsp3) is 0.682. The molecule has 0 spiro atoms. The third-order valence-electron chi connectivity index (χ3n) is 5.85. The molecule has 2 fully saturated rings. The number of aliphatic hydroxyl groups excluding tert-OH is 1. The fourth-order valence-electron chi connectivity index (χ4n) is 4.21. The normalized spacial score (nSPS) is 20.6. The van der Waals surface area contributed by atoms with E-state index in [1.54, 1.807) is 0 Å². The van der Waals surface area contributed by atoms with E-state index in [-0.39, 0.29) is 5.91 Å². The summed E-state index contributed by atoms with van der Waals surface area (Å²) in [5.41, 5.74) is 1.17. The van der Waals surface area contributed by atoms with Crippen molar-refractivity contribution in [2.45, 2.75) is 57.2 Å². The first kappa shape index (κ1) is 21.1. The van der Waals surface area contributed by atoms with E-state index in [2.05, 4.69) is 28.2 Å². The monoisotopic (exact) mass is 389 g/mol. The zero-order valence-electron chi connectivity index (χ0n) is 17.1. The van der Waals surface area contributed by atoms with Gasteiger partial charge in [-0.15, -0.1) is 0 Å². The van der Waals surface area contributed by atoms with Crippen LogP contribution in [-0.2, 0) is 11.3 Å². The van der Waals surface area contributed by atoms with E-state index >= 15 is 0 Å². The van der Waals surface area contributed by atoms with Crippen molar-refractivity contribution >= 4 is 5.91 Å². The minimum atomic E-state index is -0.488. The summed E-state index contributed by atoms with van der Waals surface area (Å²) in [6, 6.07) is 8.65. The number of hydrogen-bond acceptors (Lipinski definition) is 5. The minimum Gasteiger partial charge on any atom is -0.491 e. The fourth-order valence-corrected chi connectivity index (χ4v) is 4.21. The first-order valence-corrected chi connectivity index (χ1v) is 10.7. The molecular formula is C22H35N3O3. The van der Waals surface area contributed by atoms with Crippen LogP contribution >= 0.6 is 0 Å². The molecule has 6 nitrogen and oxygen atoms in total. The van der Waals surface area contributed by atoms with Gasteiger partial charge in [-0.25, -0.2) is 0 Å². The highest BCUT2D eigenvalue weighted by molar-refractivity contribution is 5.76. The highest BCUT2D eigenvalue weighted by atomic mass is 16.5. The number of rotatable bonds is 8. The van der Waals surface area contributed by atoms with Crippen LogP contribution in [0, 0.1) is 0 Å². The molecule has 1 aliphatic carbocycles. The molecule has 0 radical (unpaired) electrons. The Morgan fingerprint density at radius 1 is 1.29 bits per heavy atom. The Hall–Kier alpha value is -1.63. The number of hydrogen-bond donors (Lipinski definition) is 2. The zero-order chi connectivity index (χ0) is 19.8. The molecule has 1 amide bonds. The minimum absolute atomic E-state index is 0.131. The van der Waals surface area contributed by atoms with Crippen LogP contribution in [0.15, 0.2) is 24.3 Å². The van der Waals surface area contributed by atoms with Crippen LogP contribution in [0.1, 0.15) is 44.1 Å². The highest BCUT2D eigenvalue weighted by Crippen LogP contribution is 2.22. The van der Waals surface area contributed by atoms with Crippen LogP contribution in [0.4, 0.5) is 0 Å². The van der Waals surface area contributed by atoms with Crippen molar-refractivity contribution in [2.75, 3.05) is 39.8 Å². The number of aliphatic hydroxyl groups is 1. The molecule has 0 aromatic heterocycles. The molecule has 1 saturated carbocycles. The van der Waals surface area contributed by atoms with Gasteiger partial charge in [-0.1, -0.05) is 31.4 Å². The highest BCUT2D eigenvalue weighted by Gasteiger charge is 2.20. The number of ether oxygens (including phenoxy) is 1. The van der Waals surface area contributed by atoms with Crippen molar-refractivity contribution in [2.24, 2.45) is 0 Å². The maximum atomic E-state index is 11.5. The van der Waals surface area contributed by atoms with Crippen molar-refractivity contribution in [3.05, 3.63) is 29.8 Å². The summed E-state index contributed by atoms with van der Waals surface area (Å²) in [5.74, 6) is 0.924. The molecule has 1 aliphatic heterocycles. The van der Waals surface area contributed by atoms with Crippen molar-refractivity contribution in [1.82, 2.24) is 15.1 Å². The second-order valence-corrected chi connectivity index (χ2v) is 8.22. The molecule has 1 saturated heterocycles. The Labute approximate surface area is 168 Å². The molecular weight excluding hydrogens is 354 g/mol. The summed E-state index contributed by atoms with van der Waals surface area (Å²) in [6.07, 6.45) is 6.49. The Morgan fingerprint density at radius 3 is 2.93 bits per heavy atom. The first-order chi connectivity index (χ1) is 13.6. The maximum absolute atomic E-state index is 11.5. The number of carbonyl (C=O) groups is 1. The number of benzene rings is 1. The average molecular weight is 390 g/mol. The Kier molecular flexibility index (Phi) is 8.13. The van der Waals surface area contributed by atoms with Gasteiger partial charge in [0, 0.05) is 45.2 Å². The van der Waals surface area contributed by atoms with Gasteiger partial charge in [0.2, 0.25) is 5.91 Å². The van der Waals surface area contributed by atoms with E-state index in [1.807, 2.05) is 18.2 Å². The third kappa shape index (κ3) is 6.76. The van der Waals surface area contributed by atoms with Gasteiger partial charge in [0.1, 0.15) is 18.5 Å². The van der Waals surface area contributed by atoms with Crippen LogP contribution < -0.4 is 10.1 Å². The van der Waals surface area contributed by atoms with Crippen LogP contribution in [-0.4, -0.2) is 72.8 Å². The SMILES string of the molecule is CN(C[C@H](O)COc1cccc(CN2CCNC(=O)CC2)c1)C1CCCCC1. The first-order valence-electron chi connectivity index (χ1n) is 10.7. The number of nitrogens with zero attached hydrogens (tertiary/aromatic N) is 2. The summed E-state index contributed by atoms with van der Waals surface area (Å²) in [6.45, 7) is 4.11. The Bertz CT molecular complexity index is 619. The van der Waals surface area contributed by atoms with Gasteiger partial charge in [-0.05, 0) is 37.6 Å². The lowest BCUT2D eigenvalue weighted by Crippen LogP contribution is -2.40. The predicted octanol–water partition coefficient (Wildman–Crippen LogP) is 2.01. The molecule has 156 valence electrons. The third-order valence-corrected chi connectivity index (χ3v) is 5.85. The largest absolute Gasteiger partial charge is 0.491 e. The smallest absolute Gasteiger partial charge is 0.221 e. The van der Waals surface area contributed by atoms with Gasteiger partial charge in [0.05, 0.1) is 0 Å². The van der Waals surface area contributed by atoms with E-state index < -0.39 is 6.10 Å². The lowest BCUT2D eigenvalue weighted by Gasteiger charge is -2.32. The number of amides is 1. The standard InChI is InChI=1S/C22H35N3O3/c1-24(19-7-3-2-4-8-19)16-20(26)17-28-21-9-5-6-18(14-21)15-25-12-10-22(27)23-11-13-25/h5-6,9,14,19-20,26H,2-4,7-8,10-13,15-17H2,1H3,(H,23,27)/t20-/m0/s1. The lowest BCUT2D eigenvalue weighted by atomic mass is 9.94. The van der Waals surface area contributed by atoms with Gasteiger partial charge in [-0.3, -0.25) is 9.69 Å². The number of carbonyl (C=O) groups excluding carboxylic acids is 1. The Morgan fingerprint density at radius 2 is 2.11 bits per heavy atom. The summed E-state index contributed by atoms with van der Waals surface area (Å²) in [7, 11) is 2.11. The Balaban J connectivity index is 1.44. The molecule has 6 heteroatoms. The van der Waals surface area contributed by atoms with Gasteiger partial charge >= 0.3 is 0 Å². The average Bonchev–Trinajstić information content (AvgIpc) is 2.91. The quantitative estimate of drug-likeness (QED) is 0.712. The summed E-state index contributed by atoms with van der Waals surface area (Å²) >= 11 is 0.